The van der Waals surface area contributed by atoms with Crippen LogP contribution in [0.3, 0.4) is 0 Å². The first kappa shape index (κ1) is 29.5. The summed E-state index contributed by atoms with van der Waals surface area (Å²) in [4.78, 5) is 19.7. The fourth-order valence-electron chi connectivity index (χ4n) is 7.94. The molecule has 2 aromatic rings. The molecule has 6 nitrogen and oxygen atoms in total. The van der Waals surface area contributed by atoms with Gasteiger partial charge in [0.25, 0.3) is 0 Å². The number of likely N-dealkylation sites (tertiary alicyclic amines) is 1. The van der Waals surface area contributed by atoms with Gasteiger partial charge in [0, 0.05) is 55.5 Å². The second-order valence-electron chi connectivity index (χ2n) is 12.7. The number of hydrogen-bond donors (Lipinski definition) is 0. The second-order valence-corrected chi connectivity index (χ2v) is 12.7. The van der Waals surface area contributed by atoms with E-state index in [0.717, 1.165) is 76.9 Å². The van der Waals surface area contributed by atoms with Crippen LogP contribution in [0.1, 0.15) is 56.6 Å². The summed E-state index contributed by atoms with van der Waals surface area (Å²) in [5.41, 5.74) is 2.67. The normalized spacial score (nSPS) is 23.7. The average Bonchev–Trinajstić information content (AvgIpc) is 3.42. The van der Waals surface area contributed by atoms with E-state index >= 15 is 0 Å². The van der Waals surface area contributed by atoms with Crippen molar-refractivity contribution in [2.24, 2.45) is 17.8 Å². The van der Waals surface area contributed by atoms with Crippen molar-refractivity contribution in [3.05, 3.63) is 65.5 Å². The van der Waals surface area contributed by atoms with Crippen molar-refractivity contribution < 1.29 is 13.9 Å². The highest BCUT2D eigenvalue weighted by Gasteiger charge is 2.53. The van der Waals surface area contributed by atoms with Crippen molar-refractivity contribution in [3.8, 4) is 6.07 Å². The molecule has 2 saturated heterocycles. The Hall–Kier alpha value is -2.95. The maximum atomic E-state index is 14.8. The third-order valence-corrected chi connectivity index (χ3v) is 9.78. The van der Waals surface area contributed by atoms with Gasteiger partial charge in [-0.05, 0) is 107 Å². The van der Waals surface area contributed by atoms with E-state index in [1.807, 2.05) is 37.3 Å². The zero-order valence-corrected chi connectivity index (χ0v) is 24.9. The van der Waals surface area contributed by atoms with Crippen LogP contribution < -0.4 is 4.90 Å². The van der Waals surface area contributed by atoms with Gasteiger partial charge < -0.3 is 19.4 Å². The quantitative estimate of drug-likeness (QED) is 0.360. The van der Waals surface area contributed by atoms with E-state index in [1.165, 1.54) is 11.8 Å². The lowest BCUT2D eigenvalue weighted by molar-refractivity contribution is -0.152. The first-order chi connectivity index (χ1) is 19.8. The number of rotatable bonds is 10. The Kier molecular flexibility index (Phi) is 9.31. The number of nitriles is 1. The number of esters is 1. The Bertz CT molecular complexity index is 1210. The SMILES string of the molecule is CCC(=O)O[C@H]1CCC[C@@H]1[C@@](CN(C)C)(c1cccc(F)c1)C1CCN(CC2CN(c3ccc(C#N)cc3)C2)CC1. The molecule has 7 heteroatoms. The number of benzene rings is 2. The smallest absolute Gasteiger partial charge is 0.305 e. The van der Waals surface area contributed by atoms with E-state index < -0.39 is 0 Å². The lowest BCUT2D eigenvalue weighted by atomic mass is 9.58. The molecule has 3 atom stereocenters. The molecule has 3 aliphatic rings. The van der Waals surface area contributed by atoms with Gasteiger partial charge in [-0.15, -0.1) is 0 Å². The van der Waals surface area contributed by atoms with Gasteiger partial charge in [0.2, 0.25) is 0 Å². The number of hydrogen-bond acceptors (Lipinski definition) is 6. The van der Waals surface area contributed by atoms with Gasteiger partial charge in [0.15, 0.2) is 0 Å². The summed E-state index contributed by atoms with van der Waals surface area (Å²) in [6.07, 6.45) is 5.30. The molecule has 1 saturated carbocycles. The number of ether oxygens (including phenoxy) is 1. The van der Waals surface area contributed by atoms with Gasteiger partial charge in [-0.25, -0.2) is 4.39 Å². The first-order valence-corrected chi connectivity index (χ1v) is 15.4. The molecule has 41 heavy (non-hydrogen) atoms. The Morgan fingerprint density at radius 2 is 1.83 bits per heavy atom. The first-order valence-electron chi connectivity index (χ1n) is 15.4. The van der Waals surface area contributed by atoms with E-state index in [-0.39, 0.29) is 29.2 Å². The Labute approximate surface area is 245 Å². The maximum Gasteiger partial charge on any atom is 0.305 e. The van der Waals surface area contributed by atoms with Crippen molar-refractivity contribution >= 4 is 11.7 Å². The highest BCUT2D eigenvalue weighted by molar-refractivity contribution is 5.69. The summed E-state index contributed by atoms with van der Waals surface area (Å²) >= 11 is 0. The number of carbonyl (C=O) groups is 1. The predicted molar refractivity (Wildman–Crippen MR) is 160 cm³/mol. The van der Waals surface area contributed by atoms with Crippen LogP contribution in [0.2, 0.25) is 0 Å². The van der Waals surface area contributed by atoms with Gasteiger partial charge in [-0.2, -0.15) is 5.26 Å². The molecule has 1 aliphatic carbocycles. The predicted octanol–water partition coefficient (Wildman–Crippen LogP) is 5.47. The van der Waals surface area contributed by atoms with Crippen molar-refractivity contribution in [1.29, 1.82) is 5.26 Å². The Balaban J connectivity index is 1.30. The van der Waals surface area contributed by atoms with Gasteiger partial charge in [0.1, 0.15) is 11.9 Å². The van der Waals surface area contributed by atoms with Gasteiger partial charge in [-0.3, -0.25) is 4.79 Å². The Morgan fingerprint density at radius 3 is 2.46 bits per heavy atom. The molecule has 0 aromatic heterocycles. The Morgan fingerprint density at radius 1 is 1.10 bits per heavy atom. The summed E-state index contributed by atoms with van der Waals surface area (Å²) in [5.74, 6) is 0.867. The molecule has 0 spiro atoms. The third-order valence-electron chi connectivity index (χ3n) is 9.78. The molecule has 0 N–H and O–H groups in total. The molecule has 0 bridgehead atoms. The standard InChI is InChI=1S/C34H45FN4O2/c1-4-33(40)41-32-10-6-9-31(32)34(24-37(2)3,28-7-5-8-29(35)19-28)27-15-17-38(18-16-27)21-26-22-39(23-26)30-13-11-25(20-36)12-14-30/h5,7-8,11-14,19,26-27,31-32H,4,6,9-10,15-18,21-24H2,1-3H3/t31-,32-,34+/m0/s1. The van der Waals surface area contributed by atoms with E-state index in [9.17, 15) is 9.18 Å². The number of piperidine rings is 1. The van der Waals surface area contributed by atoms with Crippen molar-refractivity contribution in [1.82, 2.24) is 9.80 Å². The lowest BCUT2D eigenvalue weighted by Crippen LogP contribution is -2.56. The molecule has 220 valence electrons. The summed E-state index contributed by atoms with van der Waals surface area (Å²) in [6, 6.07) is 17.3. The average molecular weight is 561 g/mol. The number of halogens is 1. The molecular formula is C34H45FN4O2. The zero-order chi connectivity index (χ0) is 29.0. The second kappa shape index (κ2) is 12.9. The molecule has 0 radical (unpaired) electrons. The monoisotopic (exact) mass is 560 g/mol. The summed E-state index contributed by atoms with van der Waals surface area (Å²) in [6.45, 7) is 7.93. The summed E-state index contributed by atoms with van der Waals surface area (Å²) in [5, 5.41) is 9.06. The van der Waals surface area contributed by atoms with Crippen LogP contribution in [0.15, 0.2) is 48.5 Å². The largest absolute Gasteiger partial charge is 0.462 e. The number of likely N-dealkylation sites (N-methyl/N-ethyl adjacent to an activating group) is 1. The number of carbonyl (C=O) groups excluding carboxylic acids is 1. The van der Waals surface area contributed by atoms with Crippen LogP contribution in [-0.4, -0.2) is 75.2 Å². The molecule has 2 heterocycles. The number of anilines is 1. The highest BCUT2D eigenvalue weighted by atomic mass is 19.1. The fraction of sp³-hybridized carbons (Fsp3) is 0.588. The molecule has 3 fully saturated rings. The maximum absolute atomic E-state index is 14.8. The van der Waals surface area contributed by atoms with E-state index in [2.05, 4.69) is 40.9 Å². The van der Waals surface area contributed by atoms with Crippen molar-refractivity contribution in [2.45, 2.75) is 57.0 Å². The third kappa shape index (κ3) is 6.44. The van der Waals surface area contributed by atoms with Crippen LogP contribution in [0, 0.1) is 34.9 Å². The van der Waals surface area contributed by atoms with E-state index in [1.54, 1.807) is 6.07 Å². The lowest BCUT2D eigenvalue weighted by Gasteiger charge is -2.52. The van der Waals surface area contributed by atoms with Crippen molar-refractivity contribution in [3.63, 3.8) is 0 Å². The minimum Gasteiger partial charge on any atom is -0.462 e. The van der Waals surface area contributed by atoms with Gasteiger partial charge in [0.05, 0.1) is 11.6 Å². The topological polar surface area (TPSA) is 59.8 Å². The van der Waals surface area contributed by atoms with E-state index in [4.69, 9.17) is 10.00 Å². The zero-order valence-electron chi connectivity index (χ0n) is 24.9. The minimum atomic E-state index is -0.282. The summed E-state index contributed by atoms with van der Waals surface area (Å²) in [7, 11) is 4.22. The molecular weight excluding hydrogens is 515 g/mol. The molecule has 2 aromatic carbocycles. The number of nitrogens with zero attached hydrogens (tertiary/aromatic N) is 4. The summed E-state index contributed by atoms with van der Waals surface area (Å²) < 4.78 is 20.8. The fourth-order valence-corrected chi connectivity index (χ4v) is 7.94. The van der Waals surface area contributed by atoms with Gasteiger partial charge >= 0.3 is 5.97 Å². The molecule has 0 unspecified atom stereocenters. The van der Waals surface area contributed by atoms with Crippen LogP contribution >= 0.6 is 0 Å². The van der Waals surface area contributed by atoms with Crippen LogP contribution in [0.5, 0.6) is 0 Å². The minimum absolute atomic E-state index is 0.119. The molecule has 2 aliphatic heterocycles. The van der Waals surface area contributed by atoms with Gasteiger partial charge in [-0.1, -0.05) is 19.1 Å². The molecule has 5 rings (SSSR count). The molecule has 0 amide bonds. The van der Waals surface area contributed by atoms with Crippen LogP contribution in [-0.2, 0) is 14.9 Å². The van der Waals surface area contributed by atoms with Crippen molar-refractivity contribution in [2.75, 3.05) is 58.3 Å². The van der Waals surface area contributed by atoms with E-state index in [0.29, 0.717) is 23.8 Å². The van der Waals surface area contributed by atoms with Crippen LogP contribution in [0.4, 0.5) is 10.1 Å². The highest BCUT2D eigenvalue weighted by Crippen LogP contribution is 2.51. The van der Waals surface area contributed by atoms with Crippen LogP contribution in [0.25, 0.3) is 0 Å².